The Morgan fingerprint density at radius 1 is 1.00 bits per heavy atom. The number of halogens is 2. The molecule has 158 valence electrons. The van der Waals surface area contributed by atoms with Gasteiger partial charge in [-0.15, -0.1) is 0 Å². The van der Waals surface area contributed by atoms with Gasteiger partial charge in [0.15, 0.2) is 5.82 Å². The molecule has 0 aliphatic carbocycles. The van der Waals surface area contributed by atoms with Crippen LogP contribution in [-0.4, -0.2) is 41.6 Å². The van der Waals surface area contributed by atoms with E-state index in [1.54, 1.807) is 19.2 Å². The molecule has 3 aromatic rings. The number of nitrogens with zero attached hydrogens (tertiary/aromatic N) is 3. The average molecular weight is 412 g/mol. The van der Waals surface area contributed by atoms with Crippen molar-refractivity contribution in [2.45, 2.75) is 31.7 Å². The van der Waals surface area contributed by atoms with Gasteiger partial charge in [0.2, 0.25) is 0 Å². The highest BCUT2D eigenvalue weighted by Crippen LogP contribution is 2.29. The van der Waals surface area contributed by atoms with Crippen LogP contribution in [0.2, 0.25) is 0 Å². The van der Waals surface area contributed by atoms with Crippen LogP contribution in [0.4, 0.5) is 14.6 Å². The van der Waals surface area contributed by atoms with Gasteiger partial charge >= 0.3 is 0 Å². The molecule has 1 atom stereocenters. The Hall–Kier alpha value is -2.80. The number of rotatable bonds is 7. The summed E-state index contributed by atoms with van der Waals surface area (Å²) in [4.78, 5) is 10.6. The molecule has 0 saturated carbocycles. The summed E-state index contributed by atoms with van der Waals surface area (Å²) >= 11 is 0. The third-order valence-corrected chi connectivity index (χ3v) is 5.61. The number of para-hydroxylation sites is 1. The number of ether oxygens (including phenoxy) is 1. The van der Waals surface area contributed by atoms with Crippen molar-refractivity contribution >= 4 is 16.7 Å². The largest absolute Gasteiger partial charge is 0.497 e. The highest BCUT2D eigenvalue weighted by Gasteiger charge is 2.23. The van der Waals surface area contributed by atoms with Gasteiger partial charge in [-0.2, -0.15) is 0 Å². The molecule has 0 amide bonds. The maximum atomic E-state index is 13.3. The van der Waals surface area contributed by atoms with Gasteiger partial charge in [0.25, 0.3) is 6.43 Å². The van der Waals surface area contributed by atoms with Gasteiger partial charge in [-0.3, -0.25) is 4.90 Å². The number of piperidine rings is 1. The monoisotopic (exact) mass is 412 g/mol. The lowest BCUT2D eigenvalue weighted by Gasteiger charge is -2.35. The smallest absolute Gasteiger partial charge is 0.297 e. The van der Waals surface area contributed by atoms with Crippen LogP contribution in [0.25, 0.3) is 10.9 Å². The van der Waals surface area contributed by atoms with Gasteiger partial charge in [-0.05, 0) is 55.8 Å². The van der Waals surface area contributed by atoms with Crippen LogP contribution in [0, 0.1) is 0 Å². The van der Waals surface area contributed by atoms with E-state index in [0.717, 1.165) is 29.8 Å². The van der Waals surface area contributed by atoms with E-state index >= 15 is 0 Å². The quantitative estimate of drug-likeness (QED) is 0.577. The third-order valence-electron chi connectivity index (χ3n) is 5.61. The van der Waals surface area contributed by atoms with Gasteiger partial charge < -0.3 is 10.1 Å². The Morgan fingerprint density at radius 2 is 1.73 bits per heavy atom. The van der Waals surface area contributed by atoms with E-state index in [1.807, 2.05) is 24.3 Å². The number of alkyl halides is 2. The minimum atomic E-state index is -2.71. The molecule has 0 bridgehead atoms. The van der Waals surface area contributed by atoms with Gasteiger partial charge in [-0.1, -0.05) is 30.7 Å². The normalized spacial score (nSPS) is 16.0. The standard InChI is InChI=1S/C23H26F2N4O/c1-30-17-11-9-16(10-12-17)20(29-13-5-2-6-14-29)15-26-22-18-7-3-4-8-19(18)27-23(28-22)21(24)25/h3-4,7-12,20-21H,2,5-6,13-15H2,1H3,(H,26,27,28). The zero-order chi connectivity index (χ0) is 20.9. The van der Waals surface area contributed by atoms with Gasteiger partial charge in [0.1, 0.15) is 11.6 Å². The lowest BCUT2D eigenvalue weighted by molar-refractivity contribution is 0.141. The second-order valence-electron chi connectivity index (χ2n) is 7.51. The molecule has 30 heavy (non-hydrogen) atoms. The molecular formula is C23H26F2N4O. The summed E-state index contributed by atoms with van der Waals surface area (Å²) in [6.45, 7) is 2.60. The van der Waals surface area contributed by atoms with E-state index in [0.29, 0.717) is 17.9 Å². The van der Waals surface area contributed by atoms with E-state index in [1.165, 1.54) is 19.3 Å². The molecule has 1 fully saturated rings. The fraction of sp³-hybridized carbons (Fsp3) is 0.391. The fourth-order valence-electron chi connectivity index (χ4n) is 4.03. The van der Waals surface area contributed by atoms with Gasteiger partial charge in [0.05, 0.1) is 18.7 Å². The zero-order valence-electron chi connectivity index (χ0n) is 17.0. The average Bonchev–Trinajstić information content (AvgIpc) is 2.80. The van der Waals surface area contributed by atoms with Crippen LogP contribution in [-0.2, 0) is 0 Å². The van der Waals surface area contributed by atoms with E-state index < -0.39 is 12.2 Å². The Kier molecular flexibility index (Phi) is 6.38. The second kappa shape index (κ2) is 9.34. The van der Waals surface area contributed by atoms with Crippen molar-refractivity contribution in [3.8, 4) is 5.75 Å². The summed E-state index contributed by atoms with van der Waals surface area (Å²) in [6.07, 6.45) is 0.861. The molecule has 2 heterocycles. The SMILES string of the molecule is COc1ccc(C(CNc2nc(C(F)F)nc3ccccc23)N2CCCCC2)cc1. The number of hydrogen-bond donors (Lipinski definition) is 1. The fourth-order valence-corrected chi connectivity index (χ4v) is 4.03. The topological polar surface area (TPSA) is 50.3 Å². The first-order valence-electron chi connectivity index (χ1n) is 10.3. The molecule has 5 nitrogen and oxygen atoms in total. The molecular weight excluding hydrogens is 386 g/mol. The minimum Gasteiger partial charge on any atom is -0.497 e. The van der Waals surface area contributed by atoms with Gasteiger partial charge in [0, 0.05) is 11.9 Å². The number of methoxy groups -OCH3 is 1. The Bertz CT molecular complexity index is 975. The molecule has 1 aliphatic rings. The Morgan fingerprint density at radius 3 is 2.43 bits per heavy atom. The van der Waals surface area contributed by atoms with Crippen molar-refractivity contribution in [1.82, 2.24) is 14.9 Å². The second-order valence-corrected chi connectivity index (χ2v) is 7.51. The third kappa shape index (κ3) is 4.51. The predicted molar refractivity (Wildman–Crippen MR) is 114 cm³/mol. The summed E-state index contributed by atoms with van der Waals surface area (Å²) in [7, 11) is 1.65. The number of likely N-dealkylation sites (tertiary alicyclic amines) is 1. The molecule has 1 unspecified atom stereocenters. The molecule has 1 aromatic heterocycles. The first kappa shape index (κ1) is 20.5. The van der Waals surface area contributed by atoms with E-state index in [-0.39, 0.29) is 6.04 Å². The van der Waals surface area contributed by atoms with Crippen LogP contribution in [0.5, 0.6) is 5.75 Å². The lowest BCUT2D eigenvalue weighted by Crippen LogP contribution is -2.37. The van der Waals surface area contributed by atoms with Crippen LogP contribution in [0.3, 0.4) is 0 Å². The van der Waals surface area contributed by atoms with Crippen molar-refractivity contribution < 1.29 is 13.5 Å². The number of aromatic nitrogens is 2. The Balaban J connectivity index is 1.63. The summed E-state index contributed by atoms with van der Waals surface area (Å²) in [5.41, 5.74) is 1.68. The molecule has 2 aromatic carbocycles. The van der Waals surface area contributed by atoms with Crippen molar-refractivity contribution in [1.29, 1.82) is 0 Å². The van der Waals surface area contributed by atoms with Crippen LogP contribution >= 0.6 is 0 Å². The molecule has 4 rings (SSSR count). The number of benzene rings is 2. The molecule has 0 radical (unpaired) electrons. The summed E-state index contributed by atoms with van der Waals surface area (Å²) in [5, 5.41) is 4.09. The number of anilines is 1. The van der Waals surface area contributed by atoms with Crippen molar-refractivity contribution in [2.24, 2.45) is 0 Å². The molecule has 0 spiro atoms. The maximum Gasteiger partial charge on any atom is 0.297 e. The highest BCUT2D eigenvalue weighted by atomic mass is 19.3. The predicted octanol–water partition coefficient (Wildman–Crippen LogP) is 5.22. The first-order chi connectivity index (χ1) is 14.7. The molecule has 1 aliphatic heterocycles. The number of fused-ring (bicyclic) bond motifs is 1. The van der Waals surface area contributed by atoms with E-state index in [2.05, 4.69) is 32.3 Å². The summed E-state index contributed by atoms with van der Waals surface area (Å²) < 4.78 is 31.9. The van der Waals surface area contributed by atoms with Crippen molar-refractivity contribution in [3.05, 3.63) is 59.9 Å². The molecule has 7 heteroatoms. The first-order valence-corrected chi connectivity index (χ1v) is 10.3. The zero-order valence-corrected chi connectivity index (χ0v) is 17.0. The van der Waals surface area contributed by atoms with E-state index in [4.69, 9.17) is 4.74 Å². The highest BCUT2D eigenvalue weighted by molar-refractivity contribution is 5.89. The van der Waals surface area contributed by atoms with Gasteiger partial charge in [-0.25, -0.2) is 18.7 Å². The lowest BCUT2D eigenvalue weighted by atomic mass is 10.0. The number of nitrogens with one attached hydrogen (secondary N) is 1. The van der Waals surface area contributed by atoms with Crippen LogP contribution < -0.4 is 10.1 Å². The minimum absolute atomic E-state index is 0.111. The molecule has 1 saturated heterocycles. The van der Waals surface area contributed by atoms with E-state index in [9.17, 15) is 8.78 Å². The Labute approximate surface area is 175 Å². The number of hydrogen-bond acceptors (Lipinski definition) is 5. The van der Waals surface area contributed by atoms with Crippen LogP contribution in [0.15, 0.2) is 48.5 Å². The van der Waals surface area contributed by atoms with Crippen molar-refractivity contribution in [2.75, 3.05) is 32.1 Å². The van der Waals surface area contributed by atoms with Crippen molar-refractivity contribution in [3.63, 3.8) is 0 Å². The maximum absolute atomic E-state index is 13.3. The summed E-state index contributed by atoms with van der Waals surface area (Å²) in [5.74, 6) is 0.814. The molecule has 1 N–H and O–H groups in total. The van der Waals surface area contributed by atoms with Crippen LogP contribution in [0.1, 0.15) is 43.1 Å². The summed E-state index contributed by atoms with van der Waals surface area (Å²) in [6, 6.07) is 15.4.